The molecule has 1 aliphatic heterocycles. The van der Waals surface area contributed by atoms with Crippen molar-refractivity contribution in [3.05, 3.63) is 42.2 Å². The summed E-state index contributed by atoms with van der Waals surface area (Å²) in [5, 5.41) is 21.6. The number of pyridine rings is 1. The molecular formula is C16H20N2O2. The average molecular weight is 272 g/mol. The highest BCUT2D eigenvalue weighted by atomic mass is 16.3. The summed E-state index contributed by atoms with van der Waals surface area (Å²) < 4.78 is 0. The molecule has 0 aliphatic carbocycles. The molecule has 0 unspecified atom stereocenters. The van der Waals surface area contributed by atoms with Crippen LogP contribution in [-0.4, -0.2) is 45.9 Å². The molecule has 3 rings (SSSR count). The van der Waals surface area contributed by atoms with E-state index >= 15 is 0 Å². The first kappa shape index (κ1) is 13.5. The van der Waals surface area contributed by atoms with Crippen molar-refractivity contribution in [3.8, 4) is 0 Å². The largest absolute Gasteiger partial charge is 0.396 e. The Balaban J connectivity index is 1.77. The minimum absolute atomic E-state index is 0.0305. The maximum absolute atomic E-state index is 10.0. The van der Waals surface area contributed by atoms with E-state index in [4.69, 9.17) is 0 Å². The third-order valence-electron chi connectivity index (χ3n) is 4.21. The second kappa shape index (κ2) is 5.87. The molecule has 1 fully saturated rings. The van der Waals surface area contributed by atoms with Gasteiger partial charge in [0.2, 0.25) is 0 Å². The molecule has 0 amide bonds. The van der Waals surface area contributed by atoms with Gasteiger partial charge in [0.25, 0.3) is 0 Å². The first-order chi connectivity index (χ1) is 9.78. The highest BCUT2D eigenvalue weighted by molar-refractivity contribution is 5.84. The quantitative estimate of drug-likeness (QED) is 0.887. The van der Waals surface area contributed by atoms with E-state index in [1.807, 2.05) is 18.5 Å². The van der Waals surface area contributed by atoms with Crippen molar-refractivity contribution in [2.24, 2.45) is 5.92 Å². The van der Waals surface area contributed by atoms with E-state index in [1.165, 1.54) is 10.9 Å². The molecule has 106 valence electrons. The molecule has 0 bridgehead atoms. The number of likely N-dealkylation sites (tertiary alicyclic amines) is 1. The molecular weight excluding hydrogens is 252 g/mol. The molecule has 2 N–H and O–H groups in total. The smallest absolute Gasteiger partial charge is 0.0717 e. The first-order valence-electron chi connectivity index (χ1n) is 7.11. The predicted octanol–water partition coefficient (Wildman–Crippen LogP) is 1.41. The maximum Gasteiger partial charge on any atom is 0.0717 e. The van der Waals surface area contributed by atoms with Gasteiger partial charge in [-0.15, -0.1) is 0 Å². The lowest BCUT2D eigenvalue weighted by atomic mass is 9.94. The fourth-order valence-corrected chi connectivity index (χ4v) is 2.97. The topological polar surface area (TPSA) is 56.6 Å². The van der Waals surface area contributed by atoms with Gasteiger partial charge in [-0.05, 0) is 30.0 Å². The van der Waals surface area contributed by atoms with E-state index in [9.17, 15) is 10.2 Å². The SMILES string of the molecule is OC[C@H]1CCN(Cc2cccc3cnccc23)C[C@H]1O. The van der Waals surface area contributed by atoms with Crippen molar-refractivity contribution in [1.82, 2.24) is 9.88 Å². The molecule has 4 heteroatoms. The highest BCUT2D eigenvalue weighted by Crippen LogP contribution is 2.23. The second-order valence-corrected chi connectivity index (χ2v) is 5.55. The Bertz CT molecular complexity index is 582. The molecule has 2 atom stereocenters. The summed E-state index contributed by atoms with van der Waals surface area (Å²) in [5.74, 6) is 0.0305. The number of fused-ring (bicyclic) bond motifs is 1. The van der Waals surface area contributed by atoms with Crippen LogP contribution in [0.2, 0.25) is 0 Å². The van der Waals surface area contributed by atoms with Gasteiger partial charge in [0.1, 0.15) is 0 Å². The number of aliphatic hydroxyl groups is 2. The Morgan fingerprint density at radius 3 is 3.00 bits per heavy atom. The Hall–Kier alpha value is -1.49. The van der Waals surface area contributed by atoms with Crippen LogP contribution in [0.3, 0.4) is 0 Å². The maximum atomic E-state index is 10.0. The predicted molar refractivity (Wildman–Crippen MR) is 78.2 cm³/mol. The molecule has 20 heavy (non-hydrogen) atoms. The zero-order valence-corrected chi connectivity index (χ0v) is 11.4. The number of piperidine rings is 1. The fraction of sp³-hybridized carbons (Fsp3) is 0.438. The van der Waals surface area contributed by atoms with E-state index in [1.54, 1.807) is 0 Å². The van der Waals surface area contributed by atoms with Gasteiger partial charge in [-0.1, -0.05) is 18.2 Å². The van der Waals surface area contributed by atoms with Gasteiger partial charge in [0.05, 0.1) is 6.10 Å². The number of hydrogen-bond donors (Lipinski definition) is 2. The number of aliphatic hydroxyl groups excluding tert-OH is 2. The van der Waals surface area contributed by atoms with Crippen molar-refractivity contribution >= 4 is 10.8 Å². The molecule has 1 aromatic carbocycles. The third-order valence-corrected chi connectivity index (χ3v) is 4.21. The summed E-state index contributed by atoms with van der Waals surface area (Å²) in [6.07, 6.45) is 4.12. The summed E-state index contributed by atoms with van der Waals surface area (Å²) >= 11 is 0. The number of hydrogen-bond acceptors (Lipinski definition) is 4. The summed E-state index contributed by atoms with van der Waals surface area (Å²) in [7, 11) is 0. The Morgan fingerprint density at radius 2 is 2.20 bits per heavy atom. The van der Waals surface area contributed by atoms with Crippen molar-refractivity contribution in [3.63, 3.8) is 0 Å². The minimum Gasteiger partial charge on any atom is -0.396 e. The van der Waals surface area contributed by atoms with Gasteiger partial charge in [-0.25, -0.2) is 0 Å². The van der Waals surface area contributed by atoms with Gasteiger partial charge in [-0.3, -0.25) is 9.88 Å². The minimum atomic E-state index is -0.426. The number of aromatic nitrogens is 1. The zero-order chi connectivity index (χ0) is 13.9. The molecule has 0 spiro atoms. The monoisotopic (exact) mass is 272 g/mol. The number of β-amino-alcohol motifs (C(OH)–C–C–N with tert-alkyl or cyclic N) is 1. The fourth-order valence-electron chi connectivity index (χ4n) is 2.97. The molecule has 1 aliphatic rings. The molecule has 2 heterocycles. The lowest BCUT2D eigenvalue weighted by Crippen LogP contribution is -2.44. The molecule has 0 saturated carbocycles. The van der Waals surface area contributed by atoms with Crippen LogP contribution in [0, 0.1) is 5.92 Å². The number of benzene rings is 1. The average Bonchev–Trinajstić information content (AvgIpc) is 2.48. The van der Waals surface area contributed by atoms with Crippen LogP contribution >= 0.6 is 0 Å². The van der Waals surface area contributed by atoms with Crippen LogP contribution in [0.1, 0.15) is 12.0 Å². The van der Waals surface area contributed by atoms with Gasteiger partial charge < -0.3 is 10.2 Å². The second-order valence-electron chi connectivity index (χ2n) is 5.55. The van der Waals surface area contributed by atoms with Gasteiger partial charge in [0, 0.05) is 43.4 Å². The standard InChI is InChI=1S/C16H20N2O2/c19-11-14-5-7-18(10-16(14)20)9-13-3-1-2-12-8-17-6-4-15(12)13/h1-4,6,8,14,16,19-20H,5,7,9-11H2/t14-,16-/m1/s1. The zero-order valence-electron chi connectivity index (χ0n) is 11.4. The van der Waals surface area contributed by atoms with Crippen LogP contribution in [-0.2, 0) is 6.54 Å². The summed E-state index contributed by atoms with van der Waals surface area (Å²) in [6.45, 7) is 2.46. The van der Waals surface area contributed by atoms with Crippen molar-refractivity contribution in [2.45, 2.75) is 19.1 Å². The first-order valence-corrected chi connectivity index (χ1v) is 7.11. The van der Waals surface area contributed by atoms with Crippen LogP contribution in [0.4, 0.5) is 0 Å². The van der Waals surface area contributed by atoms with Gasteiger partial charge >= 0.3 is 0 Å². The summed E-state index contributed by atoms with van der Waals surface area (Å²) in [5.41, 5.74) is 1.26. The Labute approximate surface area is 118 Å². The van der Waals surface area contributed by atoms with Crippen LogP contribution in [0.5, 0.6) is 0 Å². The van der Waals surface area contributed by atoms with E-state index in [2.05, 4.69) is 28.1 Å². The van der Waals surface area contributed by atoms with Gasteiger partial charge in [-0.2, -0.15) is 0 Å². The Morgan fingerprint density at radius 1 is 1.30 bits per heavy atom. The van der Waals surface area contributed by atoms with Crippen molar-refractivity contribution in [1.29, 1.82) is 0 Å². The summed E-state index contributed by atoms with van der Waals surface area (Å²) in [6, 6.07) is 8.29. The summed E-state index contributed by atoms with van der Waals surface area (Å²) in [4.78, 5) is 6.41. The highest BCUT2D eigenvalue weighted by Gasteiger charge is 2.27. The van der Waals surface area contributed by atoms with Crippen molar-refractivity contribution in [2.75, 3.05) is 19.7 Å². The van der Waals surface area contributed by atoms with Crippen LogP contribution in [0.25, 0.3) is 10.8 Å². The van der Waals surface area contributed by atoms with Crippen LogP contribution < -0.4 is 0 Å². The lowest BCUT2D eigenvalue weighted by Gasteiger charge is -2.35. The lowest BCUT2D eigenvalue weighted by molar-refractivity contribution is -0.00432. The van der Waals surface area contributed by atoms with Crippen molar-refractivity contribution < 1.29 is 10.2 Å². The third kappa shape index (κ3) is 2.68. The van der Waals surface area contributed by atoms with E-state index < -0.39 is 6.10 Å². The molecule has 1 saturated heterocycles. The molecule has 0 radical (unpaired) electrons. The molecule has 2 aromatic rings. The number of rotatable bonds is 3. The van der Waals surface area contributed by atoms with Crippen LogP contribution in [0.15, 0.2) is 36.7 Å². The normalized spacial score (nSPS) is 24.1. The van der Waals surface area contributed by atoms with E-state index in [0.717, 1.165) is 24.9 Å². The molecule has 4 nitrogen and oxygen atoms in total. The Kier molecular flexibility index (Phi) is 3.96. The molecule has 1 aromatic heterocycles. The van der Waals surface area contributed by atoms with E-state index in [-0.39, 0.29) is 12.5 Å². The number of nitrogens with zero attached hydrogens (tertiary/aromatic N) is 2. The van der Waals surface area contributed by atoms with E-state index in [0.29, 0.717) is 6.54 Å². The van der Waals surface area contributed by atoms with Gasteiger partial charge in [0.15, 0.2) is 0 Å².